The summed E-state index contributed by atoms with van der Waals surface area (Å²) in [6.07, 6.45) is -1.48. The lowest BCUT2D eigenvalue weighted by atomic mass is 9.95. The third-order valence-corrected chi connectivity index (χ3v) is 7.25. The van der Waals surface area contributed by atoms with Crippen molar-refractivity contribution in [3.8, 4) is 11.4 Å². The predicted octanol–water partition coefficient (Wildman–Crippen LogP) is 2.99. The molecule has 0 unspecified atom stereocenters. The maximum atomic E-state index is 12.8. The van der Waals surface area contributed by atoms with E-state index in [1.807, 2.05) is 0 Å². The zero-order valence-electron chi connectivity index (χ0n) is 21.3. The van der Waals surface area contributed by atoms with Crippen LogP contribution in [0.5, 0.6) is 0 Å². The molecule has 0 amide bonds. The average Bonchev–Trinajstić information content (AvgIpc) is 3.38. The van der Waals surface area contributed by atoms with Crippen LogP contribution in [0.3, 0.4) is 0 Å². The van der Waals surface area contributed by atoms with Gasteiger partial charge >= 0.3 is 6.18 Å². The first-order chi connectivity index (χ1) is 18.8. The average molecular weight is 533 g/mol. The highest BCUT2D eigenvalue weighted by Crippen LogP contribution is 2.29. The number of ether oxygens (including phenoxy) is 1. The molecule has 3 aromatic heterocycles. The predicted molar refractivity (Wildman–Crippen MR) is 144 cm³/mol. The van der Waals surface area contributed by atoms with Crippen LogP contribution in [0.15, 0.2) is 48.8 Å². The number of H-pyrrole nitrogens is 1. The van der Waals surface area contributed by atoms with E-state index < -0.39 is 11.9 Å². The summed E-state index contributed by atoms with van der Waals surface area (Å²) in [5.74, 6) is 0.728. The zero-order chi connectivity index (χ0) is 27.0. The molecule has 2 aliphatic heterocycles. The van der Waals surface area contributed by atoms with Crippen molar-refractivity contribution in [3.05, 3.63) is 60.0 Å². The first-order valence-corrected chi connectivity index (χ1v) is 12.9. The van der Waals surface area contributed by atoms with Gasteiger partial charge in [0.05, 0.1) is 18.9 Å². The molecule has 2 saturated heterocycles. The second kappa shape index (κ2) is 10.5. The summed E-state index contributed by atoms with van der Waals surface area (Å²) >= 11 is 0. The van der Waals surface area contributed by atoms with E-state index in [9.17, 15) is 13.2 Å². The molecule has 0 bridgehead atoms. The summed E-state index contributed by atoms with van der Waals surface area (Å²) in [5.41, 5.74) is 4.84. The molecule has 2 radical (unpaired) electrons. The zero-order valence-corrected chi connectivity index (χ0v) is 21.3. The van der Waals surface area contributed by atoms with Crippen molar-refractivity contribution < 1.29 is 17.9 Å². The first-order valence-electron chi connectivity index (χ1n) is 12.9. The number of benzene rings is 1. The Morgan fingerprint density at radius 1 is 0.872 bits per heavy atom. The number of alkyl halides is 3. The fraction of sp³-hybridized carbons (Fsp3) is 0.370. The number of halogens is 3. The van der Waals surface area contributed by atoms with Crippen molar-refractivity contribution in [2.45, 2.75) is 12.7 Å². The van der Waals surface area contributed by atoms with Crippen LogP contribution < -0.4 is 15.3 Å². The fourth-order valence-electron chi connectivity index (χ4n) is 5.16. The lowest BCUT2D eigenvalue weighted by molar-refractivity contribution is -0.141. The van der Waals surface area contributed by atoms with Gasteiger partial charge in [-0.25, -0.2) is 9.97 Å². The van der Waals surface area contributed by atoms with E-state index in [4.69, 9.17) is 17.6 Å². The monoisotopic (exact) mass is 533 g/mol. The van der Waals surface area contributed by atoms with Crippen molar-refractivity contribution >= 4 is 35.8 Å². The van der Waals surface area contributed by atoms with Crippen LogP contribution in [0.1, 0.15) is 11.3 Å². The van der Waals surface area contributed by atoms with Gasteiger partial charge in [0.1, 0.15) is 24.9 Å². The number of morpholine rings is 1. The Balaban J connectivity index is 1.16. The quantitative estimate of drug-likeness (QED) is 0.396. The number of hydrogen-bond donors (Lipinski definition) is 1. The number of hydrogen-bond acceptors (Lipinski definition) is 7. The van der Waals surface area contributed by atoms with Crippen molar-refractivity contribution in [2.75, 3.05) is 62.3 Å². The molecule has 39 heavy (non-hydrogen) atoms. The van der Waals surface area contributed by atoms with Crippen molar-refractivity contribution in [1.29, 1.82) is 0 Å². The van der Waals surface area contributed by atoms with Crippen LogP contribution in [0, 0.1) is 0 Å². The molecule has 2 aliphatic rings. The Hall–Kier alpha value is -3.64. The number of rotatable bonds is 5. The van der Waals surface area contributed by atoms with Crippen LogP contribution in [-0.4, -0.2) is 85.2 Å². The summed E-state index contributed by atoms with van der Waals surface area (Å²) in [4.78, 5) is 22.9. The highest BCUT2D eigenvalue weighted by Gasteiger charge is 2.32. The smallest absolute Gasteiger partial charge is 0.378 e. The molecular weight excluding hydrogens is 506 g/mol. The first kappa shape index (κ1) is 25.6. The number of imidazole rings is 1. The molecule has 0 atom stereocenters. The van der Waals surface area contributed by atoms with Gasteiger partial charge in [-0.15, -0.1) is 0 Å². The maximum Gasteiger partial charge on any atom is 0.433 e. The Labute approximate surface area is 225 Å². The third kappa shape index (κ3) is 5.44. The second-order valence-electron chi connectivity index (χ2n) is 9.81. The SMILES string of the molecule is [B]c1cnc2nc(-c3ccc(N4CCOCC4)cc3)[nH]c2c1N1CCN(Cc2ccc(C(F)(F)F)nc2)CC1. The molecule has 1 aromatic carbocycles. The summed E-state index contributed by atoms with van der Waals surface area (Å²) in [6.45, 7) is 6.65. The number of nitrogens with one attached hydrogen (secondary N) is 1. The van der Waals surface area contributed by atoms with Gasteiger partial charge in [0.15, 0.2) is 5.65 Å². The fourth-order valence-corrected chi connectivity index (χ4v) is 5.16. The van der Waals surface area contributed by atoms with Crippen LogP contribution >= 0.6 is 0 Å². The normalized spacial score (nSPS) is 17.2. The van der Waals surface area contributed by atoms with E-state index in [-0.39, 0.29) is 0 Å². The Kier molecular flexibility index (Phi) is 6.90. The highest BCUT2D eigenvalue weighted by atomic mass is 19.4. The Morgan fingerprint density at radius 2 is 1.62 bits per heavy atom. The van der Waals surface area contributed by atoms with Gasteiger partial charge in [-0.2, -0.15) is 13.2 Å². The molecule has 8 nitrogen and oxygen atoms in total. The minimum Gasteiger partial charge on any atom is -0.378 e. The minimum absolute atomic E-state index is 0.537. The molecular formula is C27H27BF3N7O. The number of aromatic nitrogens is 4. The molecule has 200 valence electrons. The number of aromatic amines is 1. The summed E-state index contributed by atoms with van der Waals surface area (Å²) in [5, 5.41) is 0. The third-order valence-electron chi connectivity index (χ3n) is 7.25. The van der Waals surface area contributed by atoms with E-state index in [0.717, 1.165) is 79.3 Å². The van der Waals surface area contributed by atoms with Crippen LogP contribution in [0.4, 0.5) is 24.5 Å². The molecule has 0 aliphatic carbocycles. The number of nitrogens with zero attached hydrogens (tertiary/aromatic N) is 6. The largest absolute Gasteiger partial charge is 0.433 e. The van der Waals surface area contributed by atoms with Crippen molar-refractivity contribution in [2.24, 2.45) is 0 Å². The lowest BCUT2D eigenvalue weighted by Gasteiger charge is -2.37. The molecule has 4 aromatic rings. The maximum absolute atomic E-state index is 12.8. The topological polar surface area (TPSA) is 73.4 Å². The highest BCUT2D eigenvalue weighted by molar-refractivity contribution is 6.37. The minimum atomic E-state index is -4.43. The van der Waals surface area contributed by atoms with Gasteiger partial charge in [0.25, 0.3) is 0 Å². The molecule has 0 spiro atoms. The number of fused-ring (bicyclic) bond motifs is 1. The van der Waals surface area contributed by atoms with Crippen LogP contribution in [0.25, 0.3) is 22.6 Å². The molecule has 2 fully saturated rings. The molecule has 1 N–H and O–H groups in total. The summed E-state index contributed by atoms with van der Waals surface area (Å²) in [7, 11) is 6.39. The van der Waals surface area contributed by atoms with E-state index in [1.54, 1.807) is 6.20 Å². The number of anilines is 2. The molecule has 6 rings (SSSR count). The van der Waals surface area contributed by atoms with Gasteiger partial charge in [-0.3, -0.25) is 9.88 Å². The van der Waals surface area contributed by atoms with Crippen molar-refractivity contribution in [3.63, 3.8) is 0 Å². The molecule has 12 heteroatoms. The van der Waals surface area contributed by atoms with Gasteiger partial charge in [-0.1, -0.05) is 11.5 Å². The van der Waals surface area contributed by atoms with E-state index >= 15 is 0 Å². The number of piperazine rings is 1. The lowest BCUT2D eigenvalue weighted by Crippen LogP contribution is -2.47. The van der Waals surface area contributed by atoms with E-state index in [2.05, 4.69) is 53.9 Å². The second-order valence-corrected chi connectivity index (χ2v) is 9.81. The molecule has 5 heterocycles. The number of pyridine rings is 2. The van der Waals surface area contributed by atoms with Gasteiger partial charge in [0.2, 0.25) is 0 Å². The van der Waals surface area contributed by atoms with Gasteiger partial charge in [0, 0.05) is 69.5 Å². The Morgan fingerprint density at radius 3 is 2.28 bits per heavy atom. The summed E-state index contributed by atoms with van der Waals surface area (Å²) in [6, 6.07) is 10.8. The molecule has 0 saturated carbocycles. The van der Waals surface area contributed by atoms with Gasteiger partial charge < -0.3 is 19.5 Å². The van der Waals surface area contributed by atoms with E-state index in [0.29, 0.717) is 30.7 Å². The Bertz CT molecular complexity index is 1430. The van der Waals surface area contributed by atoms with Crippen LogP contribution in [0.2, 0.25) is 0 Å². The van der Waals surface area contributed by atoms with Gasteiger partial charge in [-0.05, 0) is 35.9 Å². The van der Waals surface area contributed by atoms with E-state index in [1.165, 1.54) is 12.3 Å². The summed E-state index contributed by atoms with van der Waals surface area (Å²) < 4.78 is 43.9. The van der Waals surface area contributed by atoms with Crippen molar-refractivity contribution in [1.82, 2.24) is 24.8 Å². The standard InChI is InChI=1S/C27H27BF3N7O/c28-21-16-33-26-23(34-25(35-26)19-2-4-20(5-3-19)37-11-13-39-14-12-37)24(21)38-9-7-36(8-10-38)17-18-1-6-22(32-15-18)27(29,30)31/h1-6,15-16H,7-14,17H2,(H,33,34,35). The van der Waals surface area contributed by atoms with Crippen LogP contribution in [-0.2, 0) is 17.5 Å².